The number of hydrogen-bond donors (Lipinski definition) is 1. The van der Waals surface area contributed by atoms with Crippen LogP contribution in [-0.4, -0.2) is 22.7 Å². The predicted octanol–water partition coefficient (Wildman–Crippen LogP) is 5.32. The first kappa shape index (κ1) is 20.5. The Bertz CT molecular complexity index is 1160. The molecule has 3 aromatic rings. The number of amides is 1. The molecule has 2 heterocycles. The van der Waals surface area contributed by atoms with Crippen molar-refractivity contribution in [2.75, 3.05) is 6.61 Å². The number of hydrogen-bond acceptors (Lipinski definition) is 5. The number of aromatic nitrogens is 2. The van der Waals surface area contributed by atoms with E-state index < -0.39 is 0 Å². The largest absolute Gasteiger partial charge is 0.488 e. The SMILES string of the molecule is O=C(NCc1ccc(F)cc1)c1nnc(C(Cl)=CC2=Cc3cc(Cl)ccc3OC2)s1. The van der Waals surface area contributed by atoms with Crippen molar-refractivity contribution >= 4 is 51.6 Å². The lowest BCUT2D eigenvalue weighted by atomic mass is 10.1. The number of carbonyl (C=O) groups is 1. The number of ether oxygens (including phenoxy) is 1. The summed E-state index contributed by atoms with van der Waals surface area (Å²) in [6.45, 7) is 0.610. The molecule has 5 nitrogen and oxygen atoms in total. The molecular formula is C21H14Cl2FN3O2S. The number of carbonyl (C=O) groups excluding carboxylic acids is 1. The number of benzene rings is 2. The molecule has 0 fully saturated rings. The topological polar surface area (TPSA) is 64.1 Å². The van der Waals surface area contributed by atoms with E-state index in [-0.39, 0.29) is 23.3 Å². The maximum absolute atomic E-state index is 12.9. The number of rotatable bonds is 5. The van der Waals surface area contributed by atoms with Crippen molar-refractivity contribution in [3.8, 4) is 5.75 Å². The van der Waals surface area contributed by atoms with Crippen LogP contribution in [0.15, 0.2) is 54.1 Å². The van der Waals surface area contributed by atoms with Gasteiger partial charge in [-0.3, -0.25) is 4.79 Å². The van der Waals surface area contributed by atoms with Crippen molar-refractivity contribution in [1.29, 1.82) is 0 Å². The fraction of sp³-hybridized carbons (Fsp3) is 0.0952. The molecule has 0 atom stereocenters. The molecular weight excluding hydrogens is 448 g/mol. The Labute approximate surface area is 185 Å². The van der Waals surface area contributed by atoms with Crippen molar-refractivity contribution in [3.05, 3.63) is 86.1 Å². The molecule has 0 unspecified atom stereocenters. The Morgan fingerprint density at radius 1 is 1.20 bits per heavy atom. The van der Waals surface area contributed by atoms with Gasteiger partial charge in [0.25, 0.3) is 5.91 Å². The molecule has 152 valence electrons. The van der Waals surface area contributed by atoms with Crippen molar-refractivity contribution in [3.63, 3.8) is 0 Å². The third-order valence-corrected chi connectivity index (χ3v) is 5.80. The maximum Gasteiger partial charge on any atom is 0.282 e. The quantitative estimate of drug-likeness (QED) is 0.558. The highest BCUT2D eigenvalue weighted by atomic mass is 35.5. The summed E-state index contributed by atoms with van der Waals surface area (Å²) in [5.74, 6) is 0.0466. The van der Waals surface area contributed by atoms with Crippen LogP contribution in [0.4, 0.5) is 4.39 Å². The van der Waals surface area contributed by atoms with E-state index in [1.54, 1.807) is 24.3 Å². The summed E-state index contributed by atoms with van der Waals surface area (Å²) >= 11 is 13.5. The molecule has 0 aliphatic carbocycles. The third-order valence-electron chi connectivity index (χ3n) is 4.21. The van der Waals surface area contributed by atoms with E-state index in [2.05, 4.69) is 15.5 Å². The van der Waals surface area contributed by atoms with Gasteiger partial charge in [-0.25, -0.2) is 4.39 Å². The second-order valence-electron chi connectivity index (χ2n) is 6.40. The fourth-order valence-electron chi connectivity index (χ4n) is 2.75. The lowest BCUT2D eigenvalue weighted by molar-refractivity contribution is 0.0950. The van der Waals surface area contributed by atoms with E-state index >= 15 is 0 Å². The third kappa shape index (κ3) is 4.87. The average Bonchev–Trinajstić information content (AvgIpc) is 3.23. The minimum absolute atomic E-state index is 0.185. The van der Waals surface area contributed by atoms with Crippen LogP contribution in [0.3, 0.4) is 0 Å². The zero-order valence-corrected chi connectivity index (χ0v) is 17.7. The van der Waals surface area contributed by atoms with Gasteiger partial charge >= 0.3 is 0 Å². The standard InChI is InChI=1S/C21H14Cl2FN3O2S/c22-15-3-6-18-14(9-15)7-13(11-29-18)8-17(23)20-26-27-21(30-20)19(28)25-10-12-1-4-16(24)5-2-12/h1-9H,10-11H2,(H,25,28). The molecule has 1 aliphatic rings. The second-order valence-corrected chi connectivity index (χ2v) is 8.23. The molecule has 9 heteroatoms. The molecule has 4 rings (SSSR count). The van der Waals surface area contributed by atoms with Crippen molar-refractivity contribution in [1.82, 2.24) is 15.5 Å². The molecule has 0 spiro atoms. The van der Waals surface area contributed by atoms with E-state index in [4.69, 9.17) is 27.9 Å². The summed E-state index contributed by atoms with van der Waals surface area (Å²) in [7, 11) is 0. The lowest BCUT2D eigenvalue weighted by Gasteiger charge is -2.16. The summed E-state index contributed by atoms with van der Waals surface area (Å²) in [5.41, 5.74) is 2.48. The van der Waals surface area contributed by atoms with Gasteiger partial charge in [0.1, 0.15) is 18.2 Å². The van der Waals surface area contributed by atoms with E-state index in [1.807, 2.05) is 18.2 Å². The zero-order chi connectivity index (χ0) is 21.1. The normalized spacial score (nSPS) is 13.3. The minimum atomic E-state index is -0.378. The van der Waals surface area contributed by atoms with Gasteiger partial charge in [-0.1, -0.05) is 46.7 Å². The molecule has 1 amide bonds. The predicted molar refractivity (Wildman–Crippen MR) is 116 cm³/mol. The highest BCUT2D eigenvalue weighted by Crippen LogP contribution is 2.31. The Morgan fingerprint density at radius 2 is 1.97 bits per heavy atom. The summed E-state index contributed by atoms with van der Waals surface area (Å²) in [4.78, 5) is 12.3. The minimum Gasteiger partial charge on any atom is -0.488 e. The highest BCUT2D eigenvalue weighted by molar-refractivity contribution is 7.15. The van der Waals surface area contributed by atoms with Gasteiger partial charge < -0.3 is 10.1 Å². The Kier molecular flexibility index (Phi) is 6.13. The Hall–Kier alpha value is -2.74. The van der Waals surface area contributed by atoms with Gasteiger partial charge in [0, 0.05) is 17.1 Å². The van der Waals surface area contributed by atoms with Crippen LogP contribution >= 0.6 is 34.5 Å². The van der Waals surface area contributed by atoms with Crippen LogP contribution in [0.5, 0.6) is 5.75 Å². The number of nitrogens with one attached hydrogen (secondary N) is 1. The molecule has 1 N–H and O–H groups in total. The summed E-state index contributed by atoms with van der Waals surface area (Å²) in [5, 5.41) is 12.2. The maximum atomic E-state index is 12.9. The summed E-state index contributed by atoms with van der Waals surface area (Å²) in [6.07, 6.45) is 3.66. The van der Waals surface area contributed by atoms with Crippen molar-refractivity contribution in [2.24, 2.45) is 0 Å². The average molecular weight is 462 g/mol. The van der Waals surface area contributed by atoms with Crippen LogP contribution in [0.1, 0.15) is 25.9 Å². The number of fused-ring (bicyclic) bond motifs is 1. The molecule has 0 bridgehead atoms. The van der Waals surface area contributed by atoms with Gasteiger partial charge in [0.05, 0.1) is 5.03 Å². The first-order valence-corrected chi connectivity index (χ1v) is 10.4. The molecule has 1 aromatic heterocycles. The van der Waals surface area contributed by atoms with Gasteiger partial charge in [0.2, 0.25) is 5.01 Å². The van der Waals surface area contributed by atoms with Gasteiger partial charge in [-0.15, -0.1) is 10.2 Å². The Morgan fingerprint density at radius 3 is 2.77 bits per heavy atom. The van der Waals surface area contributed by atoms with Crippen LogP contribution in [-0.2, 0) is 6.54 Å². The van der Waals surface area contributed by atoms with Crippen LogP contribution < -0.4 is 10.1 Å². The molecule has 0 saturated carbocycles. The fourth-order valence-corrected chi connectivity index (χ4v) is 3.89. The molecule has 30 heavy (non-hydrogen) atoms. The number of nitrogens with zero attached hydrogens (tertiary/aromatic N) is 2. The van der Waals surface area contributed by atoms with Crippen LogP contribution in [0.2, 0.25) is 5.02 Å². The first-order chi connectivity index (χ1) is 14.5. The van der Waals surface area contributed by atoms with Crippen LogP contribution in [0, 0.1) is 5.82 Å². The Balaban J connectivity index is 1.44. The van der Waals surface area contributed by atoms with Crippen molar-refractivity contribution < 1.29 is 13.9 Å². The van der Waals surface area contributed by atoms with Gasteiger partial charge in [-0.2, -0.15) is 0 Å². The summed E-state index contributed by atoms with van der Waals surface area (Å²) in [6, 6.07) is 11.3. The first-order valence-electron chi connectivity index (χ1n) is 8.84. The van der Waals surface area contributed by atoms with E-state index in [0.29, 0.717) is 21.7 Å². The molecule has 0 radical (unpaired) electrons. The van der Waals surface area contributed by atoms with Crippen molar-refractivity contribution in [2.45, 2.75) is 6.54 Å². The van der Waals surface area contributed by atoms with E-state index in [1.165, 1.54) is 12.1 Å². The second kappa shape index (κ2) is 8.95. The zero-order valence-electron chi connectivity index (χ0n) is 15.4. The summed E-state index contributed by atoms with van der Waals surface area (Å²) < 4.78 is 18.7. The number of halogens is 3. The van der Waals surface area contributed by atoms with Crippen LogP contribution in [0.25, 0.3) is 11.1 Å². The molecule has 2 aromatic carbocycles. The van der Waals surface area contributed by atoms with E-state index in [9.17, 15) is 9.18 Å². The lowest BCUT2D eigenvalue weighted by Crippen LogP contribution is -2.22. The smallest absolute Gasteiger partial charge is 0.282 e. The highest BCUT2D eigenvalue weighted by Gasteiger charge is 2.16. The van der Waals surface area contributed by atoms with Gasteiger partial charge in [-0.05, 0) is 53.6 Å². The van der Waals surface area contributed by atoms with Gasteiger partial charge in [0.15, 0.2) is 5.01 Å². The molecule has 1 aliphatic heterocycles. The monoisotopic (exact) mass is 461 g/mol. The van der Waals surface area contributed by atoms with E-state index in [0.717, 1.165) is 33.8 Å². The molecule has 0 saturated heterocycles.